The van der Waals surface area contributed by atoms with Gasteiger partial charge in [-0.3, -0.25) is 14.7 Å². The molecule has 4 rings (SSSR count). The zero-order valence-corrected chi connectivity index (χ0v) is 16.0. The van der Waals surface area contributed by atoms with Gasteiger partial charge < -0.3 is 14.9 Å². The number of methoxy groups -OCH3 is 1. The summed E-state index contributed by atoms with van der Waals surface area (Å²) in [7, 11) is 2.94. The second-order valence-electron chi connectivity index (χ2n) is 6.63. The Morgan fingerprint density at radius 2 is 2.03 bits per heavy atom. The molecule has 3 aromatic rings. The summed E-state index contributed by atoms with van der Waals surface area (Å²) in [5.41, 5.74) is 4.95. The first-order valence-electron chi connectivity index (χ1n) is 8.83. The summed E-state index contributed by atoms with van der Waals surface area (Å²) in [5, 5.41) is 0. The number of oxazole rings is 1. The number of aromatic nitrogens is 2. The predicted octanol–water partition coefficient (Wildman–Crippen LogP) is 2.71. The van der Waals surface area contributed by atoms with Crippen molar-refractivity contribution in [1.29, 1.82) is 0 Å². The van der Waals surface area contributed by atoms with Crippen LogP contribution in [-0.2, 0) is 10.3 Å². The number of nitrogens with zero attached hydrogens (tertiary/aromatic N) is 4. The van der Waals surface area contributed by atoms with Crippen molar-refractivity contribution in [2.24, 2.45) is 10.7 Å². The van der Waals surface area contributed by atoms with Crippen molar-refractivity contribution in [3.05, 3.63) is 65.9 Å². The summed E-state index contributed by atoms with van der Waals surface area (Å²) in [5.74, 6) is 0.309. The van der Waals surface area contributed by atoms with Crippen LogP contribution < -0.4 is 10.5 Å². The molecule has 0 saturated carbocycles. The Morgan fingerprint density at radius 3 is 2.63 bits per heavy atom. The number of hydrogen-bond donors (Lipinski definition) is 1. The number of halogens is 2. The lowest BCUT2D eigenvalue weighted by Gasteiger charge is -2.27. The van der Waals surface area contributed by atoms with Crippen LogP contribution in [0.4, 0.5) is 8.78 Å². The van der Waals surface area contributed by atoms with Crippen molar-refractivity contribution in [3.63, 3.8) is 0 Å². The molecule has 2 N–H and O–H groups in total. The topological polar surface area (TPSA) is 107 Å². The summed E-state index contributed by atoms with van der Waals surface area (Å²) in [4.78, 5) is 26.6. The molecule has 0 bridgehead atoms. The molecule has 1 atom stereocenters. The summed E-state index contributed by atoms with van der Waals surface area (Å²) in [6.07, 6.45) is 1.18. The van der Waals surface area contributed by atoms with E-state index in [-0.39, 0.29) is 11.5 Å². The smallest absolute Gasteiger partial charge is 0.280 e. The van der Waals surface area contributed by atoms with E-state index < -0.39 is 23.6 Å². The number of guanidine groups is 1. The number of rotatable bonds is 5. The minimum Gasteiger partial charge on any atom is -0.497 e. The van der Waals surface area contributed by atoms with Gasteiger partial charge in [-0.15, -0.1) is 0 Å². The van der Waals surface area contributed by atoms with Gasteiger partial charge in [-0.05, 0) is 41.5 Å². The maximum absolute atomic E-state index is 13.4. The molecule has 0 saturated heterocycles. The Morgan fingerprint density at radius 1 is 1.23 bits per heavy atom. The Kier molecular flexibility index (Phi) is 4.69. The standard InChI is InChI=1S/C20H17F2N5O3/c1-27-18(28)20(26-19(27)23,12-3-4-25-15(8-12)17(21)22)13-5-11(6-14(7-13)29-2)16-9-24-10-30-16/h3-10,17H,1-2H3,(H2,23,26). The second-order valence-corrected chi connectivity index (χ2v) is 6.63. The zero-order chi connectivity index (χ0) is 21.5. The normalized spacial score (nSPS) is 18.8. The molecule has 1 amide bonds. The number of carbonyl (C=O) groups excluding carboxylic acids is 1. The van der Waals surface area contributed by atoms with Gasteiger partial charge in [0.15, 0.2) is 23.7 Å². The number of benzene rings is 1. The summed E-state index contributed by atoms with van der Waals surface area (Å²) in [6, 6.07) is 7.60. The van der Waals surface area contributed by atoms with Gasteiger partial charge in [0.25, 0.3) is 12.3 Å². The van der Waals surface area contributed by atoms with Gasteiger partial charge in [-0.1, -0.05) is 0 Å². The summed E-state index contributed by atoms with van der Waals surface area (Å²) in [6.45, 7) is 0. The number of carbonyl (C=O) groups is 1. The Hall–Kier alpha value is -3.82. The molecule has 0 spiro atoms. The van der Waals surface area contributed by atoms with Crippen LogP contribution in [0.3, 0.4) is 0 Å². The molecule has 10 heteroatoms. The average molecular weight is 413 g/mol. The van der Waals surface area contributed by atoms with Crippen molar-refractivity contribution >= 4 is 11.9 Å². The number of nitrogens with two attached hydrogens (primary N) is 1. The summed E-state index contributed by atoms with van der Waals surface area (Å²) >= 11 is 0. The fourth-order valence-corrected chi connectivity index (χ4v) is 3.40. The number of hydrogen-bond acceptors (Lipinski definition) is 7. The molecular formula is C20H17F2N5O3. The van der Waals surface area contributed by atoms with Gasteiger partial charge in [0.05, 0.1) is 13.3 Å². The van der Waals surface area contributed by atoms with E-state index in [2.05, 4.69) is 15.0 Å². The molecule has 2 aromatic heterocycles. The third-order valence-corrected chi connectivity index (χ3v) is 4.94. The first-order chi connectivity index (χ1) is 14.4. The maximum atomic E-state index is 13.4. The third kappa shape index (κ3) is 2.97. The highest BCUT2D eigenvalue weighted by Crippen LogP contribution is 2.42. The number of ether oxygens (including phenoxy) is 1. The van der Waals surface area contributed by atoms with Crippen molar-refractivity contribution in [1.82, 2.24) is 14.9 Å². The van der Waals surface area contributed by atoms with Gasteiger partial charge in [0.1, 0.15) is 11.4 Å². The van der Waals surface area contributed by atoms with Crippen LogP contribution in [0.15, 0.2) is 58.5 Å². The minimum atomic E-state index is -2.81. The number of aliphatic imine (C=N–C) groups is 1. The Bertz CT molecular complexity index is 1130. The van der Waals surface area contributed by atoms with Crippen molar-refractivity contribution in [2.45, 2.75) is 12.0 Å². The van der Waals surface area contributed by atoms with E-state index in [0.29, 0.717) is 22.6 Å². The SMILES string of the molecule is COc1cc(-c2cnco2)cc(C2(c3ccnc(C(F)F)c3)N=C(N)N(C)C2=O)c1. The van der Waals surface area contributed by atoms with Gasteiger partial charge in [0.2, 0.25) is 0 Å². The third-order valence-electron chi connectivity index (χ3n) is 4.94. The molecule has 3 heterocycles. The minimum absolute atomic E-state index is 0.0422. The Balaban J connectivity index is 2.01. The Labute approximate surface area is 170 Å². The first-order valence-corrected chi connectivity index (χ1v) is 8.83. The molecule has 1 unspecified atom stereocenters. The van der Waals surface area contributed by atoms with Crippen LogP contribution in [0, 0.1) is 0 Å². The molecule has 154 valence electrons. The number of likely N-dealkylation sites (N-methyl/N-ethyl adjacent to an activating group) is 1. The molecule has 1 aliphatic rings. The van der Waals surface area contributed by atoms with E-state index in [1.54, 1.807) is 18.2 Å². The van der Waals surface area contributed by atoms with E-state index >= 15 is 0 Å². The zero-order valence-electron chi connectivity index (χ0n) is 16.0. The van der Waals surface area contributed by atoms with Crippen LogP contribution in [0.5, 0.6) is 5.75 Å². The first kappa shape index (κ1) is 19.5. The highest BCUT2D eigenvalue weighted by atomic mass is 19.3. The molecule has 0 fully saturated rings. The quantitative estimate of drug-likeness (QED) is 0.689. The molecule has 1 aromatic carbocycles. The van der Waals surface area contributed by atoms with Gasteiger partial charge in [-0.2, -0.15) is 0 Å². The van der Waals surface area contributed by atoms with E-state index in [9.17, 15) is 13.6 Å². The summed E-state index contributed by atoms with van der Waals surface area (Å²) < 4.78 is 37.4. The second kappa shape index (κ2) is 7.21. The molecule has 8 nitrogen and oxygen atoms in total. The van der Waals surface area contributed by atoms with Crippen LogP contribution in [0.25, 0.3) is 11.3 Å². The molecule has 1 aliphatic heterocycles. The highest BCUT2D eigenvalue weighted by Gasteiger charge is 2.50. The fourth-order valence-electron chi connectivity index (χ4n) is 3.40. The maximum Gasteiger partial charge on any atom is 0.280 e. The largest absolute Gasteiger partial charge is 0.497 e. The number of alkyl halides is 2. The van der Waals surface area contributed by atoms with Crippen LogP contribution in [0.1, 0.15) is 23.2 Å². The van der Waals surface area contributed by atoms with E-state index in [4.69, 9.17) is 14.9 Å². The molecule has 0 aliphatic carbocycles. The number of amides is 1. The molecule has 30 heavy (non-hydrogen) atoms. The van der Waals surface area contributed by atoms with Gasteiger partial charge >= 0.3 is 0 Å². The molecule has 0 radical (unpaired) electrons. The highest BCUT2D eigenvalue weighted by molar-refractivity contribution is 6.09. The van der Waals surface area contributed by atoms with Crippen LogP contribution >= 0.6 is 0 Å². The average Bonchev–Trinajstić information content (AvgIpc) is 3.37. The van der Waals surface area contributed by atoms with E-state index in [1.165, 1.54) is 43.9 Å². The lowest BCUT2D eigenvalue weighted by molar-refractivity contribution is -0.129. The van der Waals surface area contributed by atoms with Crippen LogP contribution in [0.2, 0.25) is 0 Å². The van der Waals surface area contributed by atoms with Gasteiger partial charge in [0, 0.05) is 18.8 Å². The van der Waals surface area contributed by atoms with E-state index in [1.807, 2.05) is 0 Å². The van der Waals surface area contributed by atoms with Crippen molar-refractivity contribution in [3.8, 4) is 17.1 Å². The predicted molar refractivity (Wildman–Crippen MR) is 103 cm³/mol. The van der Waals surface area contributed by atoms with E-state index in [0.717, 1.165) is 6.07 Å². The lowest BCUT2D eigenvalue weighted by atomic mass is 9.82. The van der Waals surface area contributed by atoms with Crippen LogP contribution in [-0.4, -0.2) is 40.9 Å². The lowest BCUT2D eigenvalue weighted by Crippen LogP contribution is -2.41. The van der Waals surface area contributed by atoms with Crippen molar-refractivity contribution in [2.75, 3.05) is 14.2 Å². The van der Waals surface area contributed by atoms with Crippen molar-refractivity contribution < 1.29 is 22.7 Å². The number of pyridine rings is 1. The fraction of sp³-hybridized carbons (Fsp3) is 0.200. The molecular weight excluding hydrogens is 396 g/mol. The van der Waals surface area contributed by atoms with Gasteiger partial charge in [-0.25, -0.2) is 18.8 Å². The monoisotopic (exact) mass is 413 g/mol.